The number of ether oxygens (including phenoxy) is 4. The molecular weight excluding hydrogens is 464 g/mol. The highest BCUT2D eigenvalue weighted by atomic mass is 16.8. The van der Waals surface area contributed by atoms with E-state index in [-0.39, 0.29) is 23.7 Å². The summed E-state index contributed by atoms with van der Waals surface area (Å²) in [4.78, 5) is 36.7. The quantitative estimate of drug-likeness (QED) is 0.238. The van der Waals surface area contributed by atoms with Crippen LogP contribution in [-0.4, -0.2) is 47.8 Å². The van der Waals surface area contributed by atoms with Crippen LogP contribution in [0.1, 0.15) is 67.7 Å². The van der Waals surface area contributed by atoms with Crippen LogP contribution >= 0.6 is 0 Å². The van der Waals surface area contributed by atoms with Crippen molar-refractivity contribution in [1.29, 1.82) is 0 Å². The van der Waals surface area contributed by atoms with Crippen molar-refractivity contribution in [3.63, 3.8) is 0 Å². The Hall–Kier alpha value is -2.45. The molecule has 2 aliphatic carbocycles. The van der Waals surface area contributed by atoms with Crippen molar-refractivity contribution in [3.8, 4) is 0 Å². The summed E-state index contributed by atoms with van der Waals surface area (Å²) in [7, 11) is 0. The van der Waals surface area contributed by atoms with Gasteiger partial charge in [0.2, 0.25) is 12.6 Å². The van der Waals surface area contributed by atoms with Gasteiger partial charge in [-0.2, -0.15) is 0 Å². The molecule has 36 heavy (non-hydrogen) atoms. The van der Waals surface area contributed by atoms with Crippen molar-refractivity contribution < 1.29 is 38.4 Å². The minimum absolute atomic E-state index is 0.0727. The first kappa shape index (κ1) is 28.1. The Morgan fingerprint density at radius 2 is 1.81 bits per heavy atom. The average molecular weight is 505 g/mol. The molecule has 1 spiro atoms. The van der Waals surface area contributed by atoms with Crippen molar-refractivity contribution in [2.75, 3.05) is 0 Å². The van der Waals surface area contributed by atoms with E-state index in [0.717, 1.165) is 5.57 Å². The molecule has 0 aromatic carbocycles. The highest BCUT2D eigenvalue weighted by Crippen LogP contribution is 2.67. The molecule has 0 radical (unpaired) electrons. The summed E-state index contributed by atoms with van der Waals surface area (Å²) < 4.78 is 23.1. The first-order valence-electron chi connectivity index (χ1n) is 12.7. The summed E-state index contributed by atoms with van der Waals surface area (Å²) in [5.41, 5.74) is -0.0611. The number of allylic oxidation sites excluding steroid dienone is 3. The van der Waals surface area contributed by atoms with Gasteiger partial charge in [-0.25, -0.2) is 0 Å². The highest BCUT2D eigenvalue weighted by Gasteiger charge is 2.71. The third-order valence-corrected chi connectivity index (χ3v) is 8.32. The molecule has 1 aliphatic heterocycles. The number of hydrogen-bond donors (Lipinski definition) is 1. The maximum atomic E-state index is 12.6. The lowest BCUT2D eigenvalue weighted by atomic mass is 9.45. The standard InChI is InChI=1S/C28H40O8/c1-9-16(4)10-11-27(8)17(5)12-23(31)28-21(13-20(14-22(27)28)35-24(32)15(2)3)25(33-18(6)29)36-26(28)34-19(7)30/h9-10,13,15,17,20,22-23,25-26,31H,1,11-12,14H2,2-8H3/b16-10+/t17-,20-,22+,23+,25+,26-,27-,28+/m1/s1. The van der Waals surface area contributed by atoms with E-state index in [1.165, 1.54) is 13.8 Å². The van der Waals surface area contributed by atoms with Gasteiger partial charge in [-0.1, -0.05) is 52.0 Å². The molecule has 8 heteroatoms. The topological polar surface area (TPSA) is 108 Å². The van der Waals surface area contributed by atoms with Crippen molar-refractivity contribution >= 4 is 17.9 Å². The lowest BCUT2D eigenvalue weighted by molar-refractivity contribution is -0.254. The second kappa shape index (κ2) is 10.5. The van der Waals surface area contributed by atoms with E-state index in [9.17, 15) is 19.5 Å². The minimum atomic E-state index is -1.17. The molecule has 0 bridgehead atoms. The van der Waals surface area contributed by atoms with Crippen LogP contribution in [0.4, 0.5) is 0 Å². The molecule has 0 aromatic rings. The number of carbonyl (C=O) groups is 3. The van der Waals surface area contributed by atoms with Crippen LogP contribution in [0.25, 0.3) is 0 Å². The monoisotopic (exact) mass is 504 g/mol. The molecule has 1 saturated heterocycles. The summed E-state index contributed by atoms with van der Waals surface area (Å²) in [6.45, 7) is 16.1. The first-order chi connectivity index (χ1) is 16.8. The number of aliphatic hydroxyl groups excluding tert-OH is 1. The summed E-state index contributed by atoms with van der Waals surface area (Å²) in [6, 6.07) is 0. The van der Waals surface area contributed by atoms with Crippen molar-refractivity contribution in [2.45, 2.75) is 92.5 Å². The maximum Gasteiger partial charge on any atom is 0.308 e. The molecule has 8 nitrogen and oxygen atoms in total. The fourth-order valence-corrected chi connectivity index (χ4v) is 6.15. The fourth-order valence-electron chi connectivity index (χ4n) is 6.15. The SMILES string of the molecule is C=C/C(C)=C/C[C@]1(C)[C@H](C)C[C@H](O)[C@]23C(=C[C@@H](OC(=O)C(C)C)C[C@@H]12)[C@@H](OC(C)=O)O[C@H]3OC(C)=O. The van der Waals surface area contributed by atoms with E-state index in [1.807, 2.05) is 6.92 Å². The van der Waals surface area contributed by atoms with Gasteiger partial charge in [-0.05, 0) is 49.5 Å². The molecule has 0 unspecified atom stereocenters. The van der Waals surface area contributed by atoms with Gasteiger partial charge in [-0.15, -0.1) is 0 Å². The smallest absolute Gasteiger partial charge is 0.308 e. The molecule has 0 amide bonds. The Morgan fingerprint density at radius 1 is 1.17 bits per heavy atom. The lowest BCUT2D eigenvalue weighted by Gasteiger charge is -2.60. The minimum Gasteiger partial charge on any atom is -0.458 e. The van der Waals surface area contributed by atoms with Crippen LogP contribution in [0, 0.1) is 28.6 Å². The summed E-state index contributed by atoms with van der Waals surface area (Å²) in [5, 5.41) is 11.7. The molecule has 3 rings (SSSR count). The van der Waals surface area contributed by atoms with E-state index in [0.29, 0.717) is 24.8 Å². The second-order valence-corrected chi connectivity index (χ2v) is 11.0. The van der Waals surface area contributed by atoms with Crippen molar-refractivity contribution in [2.24, 2.45) is 28.6 Å². The molecule has 0 aromatic heterocycles. The Kier molecular flexibility index (Phi) is 8.20. The summed E-state index contributed by atoms with van der Waals surface area (Å²) in [6.07, 6.45) is 3.22. The normalized spacial score (nSPS) is 37.9. The molecule has 1 saturated carbocycles. The third kappa shape index (κ3) is 4.90. The highest BCUT2D eigenvalue weighted by molar-refractivity contribution is 5.72. The van der Waals surface area contributed by atoms with Crippen molar-refractivity contribution in [3.05, 3.63) is 36.0 Å². The Morgan fingerprint density at radius 3 is 2.36 bits per heavy atom. The van der Waals surface area contributed by atoms with Gasteiger partial charge in [0.1, 0.15) is 6.10 Å². The molecule has 3 aliphatic rings. The summed E-state index contributed by atoms with van der Waals surface area (Å²) in [5.74, 6) is -2.08. The number of carbonyl (C=O) groups excluding carboxylic acids is 3. The second-order valence-electron chi connectivity index (χ2n) is 11.0. The van der Waals surface area contributed by atoms with Crippen LogP contribution in [0.15, 0.2) is 36.0 Å². The number of hydrogen-bond acceptors (Lipinski definition) is 8. The van der Waals surface area contributed by atoms with E-state index >= 15 is 0 Å². The van der Waals surface area contributed by atoms with Crippen LogP contribution in [0.2, 0.25) is 0 Å². The van der Waals surface area contributed by atoms with E-state index in [2.05, 4.69) is 26.5 Å². The van der Waals surface area contributed by atoms with Gasteiger partial charge < -0.3 is 19.3 Å². The zero-order chi connectivity index (χ0) is 27.0. The van der Waals surface area contributed by atoms with Gasteiger partial charge in [0.05, 0.1) is 17.4 Å². The Balaban J connectivity index is 2.23. The van der Waals surface area contributed by atoms with Gasteiger partial charge in [0.25, 0.3) is 0 Å². The molecule has 1 N–H and O–H groups in total. The molecule has 1 heterocycles. The fraction of sp³-hybridized carbons (Fsp3) is 0.679. The van der Waals surface area contributed by atoms with Gasteiger partial charge in [-0.3, -0.25) is 19.1 Å². The van der Waals surface area contributed by atoms with Gasteiger partial charge in [0, 0.05) is 19.4 Å². The zero-order valence-electron chi connectivity index (χ0n) is 22.4. The Labute approximate surface area is 213 Å². The van der Waals surface area contributed by atoms with Gasteiger partial charge in [0.15, 0.2) is 0 Å². The lowest BCUT2D eigenvalue weighted by Crippen LogP contribution is -2.63. The third-order valence-electron chi connectivity index (χ3n) is 8.32. The van der Waals surface area contributed by atoms with Crippen LogP contribution < -0.4 is 0 Å². The van der Waals surface area contributed by atoms with Crippen LogP contribution in [0.5, 0.6) is 0 Å². The average Bonchev–Trinajstić information content (AvgIpc) is 3.07. The van der Waals surface area contributed by atoms with Crippen LogP contribution in [-0.2, 0) is 33.3 Å². The Bertz CT molecular complexity index is 965. The van der Waals surface area contributed by atoms with Crippen LogP contribution in [0.3, 0.4) is 0 Å². The summed E-state index contributed by atoms with van der Waals surface area (Å²) >= 11 is 0. The largest absolute Gasteiger partial charge is 0.458 e. The van der Waals surface area contributed by atoms with Crippen molar-refractivity contribution in [1.82, 2.24) is 0 Å². The number of rotatable bonds is 7. The van der Waals surface area contributed by atoms with E-state index < -0.39 is 47.6 Å². The predicted octanol–water partition coefficient (Wildman–Crippen LogP) is 4.22. The number of aliphatic hydroxyl groups is 1. The molecule has 2 fully saturated rings. The van der Waals surface area contributed by atoms with E-state index in [4.69, 9.17) is 18.9 Å². The molecule has 8 atom stereocenters. The maximum absolute atomic E-state index is 12.6. The number of esters is 3. The predicted molar refractivity (Wildman–Crippen MR) is 132 cm³/mol. The molecule has 200 valence electrons. The molecular formula is C28H40O8. The van der Waals surface area contributed by atoms with Gasteiger partial charge >= 0.3 is 17.9 Å². The first-order valence-corrected chi connectivity index (χ1v) is 12.7. The van der Waals surface area contributed by atoms with E-state index in [1.54, 1.807) is 26.0 Å². The zero-order valence-corrected chi connectivity index (χ0v) is 22.4.